The molecule has 0 fully saturated rings. The van der Waals surface area contributed by atoms with Crippen LogP contribution in [0.4, 0.5) is 0 Å². The third-order valence-corrected chi connectivity index (χ3v) is 2.97. The number of ether oxygens (including phenoxy) is 2. The maximum absolute atomic E-state index is 5.50. The predicted octanol–water partition coefficient (Wildman–Crippen LogP) is 3.00. The second-order valence-corrected chi connectivity index (χ2v) is 5.41. The van der Waals surface area contributed by atoms with E-state index in [0.717, 1.165) is 11.5 Å². The van der Waals surface area contributed by atoms with Gasteiger partial charge in [0.1, 0.15) is 5.76 Å². The molecule has 1 unspecified atom stereocenters. The summed E-state index contributed by atoms with van der Waals surface area (Å²) in [5, 5.41) is 0.386. The molecule has 1 atom stereocenters. The van der Waals surface area contributed by atoms with Crippen molar-refractivity contribution in [1.82, 2.24) is 0 Å². The summed E-state index contributed by atoms with van der Waals surface area (Å²) in [6.45, 7) is 8.95. The predicted molar refractivity (Wildman–Crippen MR) is 56.5 cm³/mol. The molecule has 2 nitrogen and oxygen atoms in total. The quantitative estimate of drug-likeness (QED) is 0.686. The van der Waals surface area contributed by atoms with Crippen molar-refractivity contribution in [1.29, 1.82) is 0 Å². The van der Waals surface area contributed by atoms with Gasteiger partial charge < -0.3 is 9.47 Å². The van der Waals surface area contributed by atoms with Crippen molar-refractivity contribution in [3.63, 3.8) is 0 Å². The van der Waals surface area contributed by atoms with Gasteiger partial charge in [0.2, 0.25) is 6.79 Å². The Kier molecular flexibility index (Phi) is 3.17. The Balaban J connectivity index is 2.90. The van der Waals surface area contributed by atoms with E-state index in [9.17, 15) is 0 Å². The van der Waals surface area contributed by atoms with E-state index in [1.165, 1.54) is 0 Å². The fourth-order valence-corrected chi connectivity index (χ4v) is 1.67. The highest BCUT2D eigenvalue weighted by atomic mass is 32.2. The number of hydrogen-bond donors (Lipinski definition) is 0. The second-order valence-electron chi connectivity index (χ2n) is 4.23. The zero-order valence-corrected chi connectivity index (χ0v) is 9.83. The van der Waals surface area contributed by atoms with E-state index >= 15 is 0 Å². The summed E-state index contributed by atoms with van der Waals surface area (Å²) in [6, 6.07) is 0. The van der Waals surface area contributed by atoms with Gasteiger partial charge in [0.05, 0.1) is 5.25 Å². The van der Waals surface area contributed by atoms with Crippen molar-refractivity contribution in [3.8, 4) is 0 Å². The molecule has 0 saturated carbocycles. The second kappa shape index (κ2) is 3.82. The molecule has 13 heavy (non-hydrogen) atoms. The third-order valence-electron chi connectivity index (χ3n) is 2.05. The first-order valence-corrected chi connectivity index (χ1v) is 5.78. The van der Waals surface area contributed by atoms with Gasteiger partial charge in [0.15, 0.2) is 5.76 Å². The smallest absolute Gasteiger partial charge is 0.230 e. The van der Waals surface area contributed by atoms with Crippen LogP contribution in [-0.2, 0) is 9.47 Å². The van der Waals surface area contributed by atoms with Crippen LogP contribution in [0.1, 0.15) is 27.7 Å². The monoisotopic (exact) mass is 202 g/mol. The van der Waals surface area contributed by atoms with Crippen molar-refractivity contribution >= 4 is 11.8 Å². The van der Waals surface area contributed by atoms with Gasteiger partial charge in [0.25, 0.3) is 0 Å². The standard InChI is InChI=1S/C10H18O2S/c1-7(13-5)8-9(10(2,3)4)12-6-11-8/h7H,6H2,1-5H3. The molecule has 0 spiro atoms. The Morgan fingerprint density at radius 3 is 2.38 bits per heavy atom. The molecule has 0 saturated heterocycles. The summed E-state index contributed by atoms with van der Waals surface area (Å²) in [5.41, 5.74) is 0.0514. The Morgan fingerprint density at radius 1 is 1.31 bits per heavy atom. The SMILES string of the molecule is CSC(C)C1=C(C(C)(C)C)OCO1. The van der Waals surface area contributed by atoms with Gasteiger partial charge in [-0.05, 0) is 13.2 Å². The summed E-state index contributed by atoms with van der Waals surface area (Å²) in [4.78, 5) is 0. The van der Waals surface area contributed by atoms with Crippen molar-refractivity contribution in [2.45, 2.75) is 32.9 Å². The Morgan fingerprint density at radius 2 is 1.92 bits per heavy atom. The van der Waals surface area contributed by atoms with Gasteiger partial charge in [-0.2, -0.15) is 11.8 Å². The molecule has 0 radical (unpaired) electrons. The number of rotatable bonds is 2. The lowest BCUT2D eigenvalue weighted by molar-refractivity contribution is 0.0555. The molecule has 1 heterocycles. The maximum atomic E-state index is 5.50. The zero-order valence-electron chi connectivity index (χ0n) is 9.01. The van der Waals surface area contributed by atoms with E-state index in [0.29, 0.717) is 12.0 Å². The minimum absolute atomic E-state index is 0.0514. The minimum Gasteiger partial charge on any atom is -0.458 e. The van der Waals surface area contributed by atoms with Gasteiger partial charge in [-0.1, -0.05) is 20.8 Å². The van der Waals surface area contributed by atoms with Gasteiger partial charge in [-0.15, -0.1) is 0 Å². The molecule has 0 aliphatic carbocycles. The molecular weight excluding hydrogens is 184 g/mol. The first-order chi connectivity index (χ1) is 5.96. The third kappa shape index (κ3) is 2.33. The van der Waals surface area contributed by atoms with Gasteiger partial charge in [-0.25, -0.2) is 0 Å². The molecule has 0 bridgehead atoms. The lowest BCUT2D eigenvalue weighted by Crippen LogP contribution is -2.14. The van der Waals surface area contributed by atoms with E-state index in [2.05, 4.69) is 34.0 Å². The van der Waals surface area contributed by atoms with Crippen molar-refractivity contribution in [3.05, 3.63) is 11.5 Å². The average molecular weight is 202 g/mol. The summed E-state index contributed by atoms with van der Waals surface area (Å²) in [5.74, 6) is 2.02. The normalized spacial score (nSPS) is 19.8. The van der Waals surface area contributed by atoms with Crippen LogP contribution in [0.2, 0.25) is 0 Å². The van der Waals surface area contributed by atoms with Crippen LogP contribution >= 0.6 is 11.8 Å². The highest BCUT2D eigenvalue weighted by Crippen LogP contribution is 2.36. The lowest BCUT2D eigenvalue weighted by atomic mass is 9.92. The summed E-state index contributed by atoms with van der Waals surface area (Å²) < 4.78 is 11.0. The summed E-state index contributed by atoms with van der Waals surface area (Å²) in [7, 11) is 0. The van der Waals surface area contributed by atoms with Crippen LogP contribution in [-0.4, -0.2) is 18.3 Å². The molecule has 0 N–H and O–H groups in total. The number of allylic oxidation sites excluding steroid dienone is 1. The lowest BCUT2D eigenvalue weighted by Gasteiger charge is -2.20. The highest BCUT2D eigenvalue weighted by Gasteiger charge is 2.31. The molecule has 0 aromatic heterocycles. The summed E-state index contributed by atoms with van der Waals surface area (Å²) in [6.07, 6.45) is 2.08. The van der Waals surface area contributed by atoms with E-state index in [1.54, 1.807) is 11.8 Å². The van der Waals surface area contributed by atoms with Gasteiger partial charge >= 0.3 is 0 Å². The Bertz CT molecular complexity index is 215. The summed E-state index contributed by atoms with van der Waals surface area (Å²) >= 11 is 1.78. The van der Waals surface area contributed by atoms with Gasteiger partial charge in [0, 0.05) is 5.41 Å². The van der Waals surface area contributed by atoms with Crippen LogP contribution in [0.15, 0.2) is 11.5 Å². The van der Waals surface area contributed by atoms with E-state index < -0.39 is 0 Å². The molecule has 0 amide bonds. The molecule has 1 rings (SSSR count). The molecule has 0 aromatic carbocycles. The molecule has 76 valence electrons. The van der Waals surface area contributed by atoms with Crippen molar-refractivity contribution in [2.75, 3.05) is 13.0 Å². The Labute approximate surface area is 84.7 Å². The van der Waals surface area contributed by atoms with Crippen LogP contribution in [0.5, 0.6) is 0 Å². The largest absolute Gasteiger partial charge is 0.458 e. The number of hydrogen-bond acceptors (Lipinski definition) is 3. The van der Waals surface area contributed by atoms with Crippen LogP contribution in [0.3, 0.4) is 0 Å². The number of thioether (sulfide) groups is 1. The van der Waals surface area contributed by atoms with Crippen LogP contribution in [0.25, 0.3) is 0 Å². The molecule has 0 aromatic rings. The van der Waals surface area contributed by atoms with Crippen LogP contribution < -0.4 is 0 Å². The molecule has 3 heteroatoms. The first-order valence-electron chi connectivity index (χ1n) is 4.50. The highest BCUT2D eigenvalue weighted by molar-refractivity contribution is 7.99. The fourth-order valence-electron chi connectivity index (χ4n) is 1.28. The molecule has 1 aliphatic rings. The van der Waals surface area contributed by atoms with Crippen LogP contribution in [0, 0.1) is 5.41 Å². The molecular formula is C10H18O2S. The molecule has 1 aliphatic heterocycles. The van der Waals surface area contributed by atoms with E-state index in [1.807, 2.05) is 0 Å². The average Bonchev–Trinajstić information content (AvgIpc) is 2.49. The zero-order chi connectivity index (χ0) is 10.1. The maximum Gasteiger partial charge on any atom is 0.230 e. The van der Waals surface area contributed by atoms with E-state index in [4.69, 9.17) is 9.47 Å². The van der Waals surface area contributed by atoms with Crippen molar-refractivity contribution < 1.29 is 9.47 Å². The first kappa shape index (κ1) is 10.8. The van der Waals surface area contributed by atoms with Gasteiger partial charge in [-0.3, -0.25) is 0 Å². The minimum atomic E-state index is 0.0514. The van der Waals surface area contributed by atoms with Crippen molar-refractivity contribution in [2.24, 2.45) is 5.41 Å². The fraction of sp³-hybridized carbons (Fsp3) is 0.800. The van der Waals surface area contributed by atoms with E-state index in [-0.39, 0.29) is 5.41 Å². The topological polar surface area (TPSA) is 18.5 Å². The Hall–Kier alpha value is -0.310.